The Hall–Kier alpha value is -2.54. The fraction of sp³-hybridized carbons (Fsp3) is 0.467. The van der Waals surface area contributed by atoms with Crippen LogP contribution in [0, 0.1) is 0 Å². The van der Waals surface area contributed by atoms with Crippen molar-refractivity contribution in [2.24, 2.45) is 4.99 Å². The van der Waals surface area contributed by atoms with Crippen molar-refractivity contribution in [1.29, 1.82) is 0 Å². The highest BCUT2D eigenvalue weighted by molar-refractivity contribution is 7.18. The first kappa shape index (κ1) is 21.5. The van der Waals surface area contributed by atoms with E-state index in [4.69, 9.17) is 9.98 Å². The van der Waals surface area contributed by atoms with Gasteiger partial charge >= 0.3 is 0 Å². The van der Waals surface area contributed by atoms with Crippen molar-refractivity contribution in [2.45, 2.75) is 75.3 Å². The Morgan fingerprint density at radius 3 is 2.36 bits per heavy atom. The van der Waals surface area contributed by atoms with Gasteiger partial charge in [-0.3, -0.25) is 4.99 Å². The van der Waals surface area contributed by atoms with E-state index < -0.39 is 0 Å². The van der Waals surface area contributed by atoms with Gasteiger partial charge < -0.3 is 15.6 Å². The van der Waals surface area contributed by atoms with Crippen LogP contribution in [0.3, 0.4) is 0 Å². The van der Waals surface area contributed by atoms with Gasteiger partial charge in [-0.15, -0.1) is 11.3 Å². The first-order valence-corrected chi connectivity index (χ1v) is 14.7. The minimum Gasteiger partial charge on any atom is -0.340 e. The highest BCUT2D eigenvalue weighted by Crippen LogP contribution is 2.58. The van der Waals surface area contributed by atoms with Crippen LogP contribution in [0.5, 0.6) is 0 Å². The highest BCUT2D eigenvalue weighted by atomic mass is 32.1. The van der Waals surface area contributed by atoms with Crippen molar-refractivity contribution in [3.8, 4) is 21.0 Å². The zero-order valence-electron chi connectivity index (χ0n) is 20.6. The third-order valence-corrected chi connectivity index (χ3v) is 10.4. The van der Waals surface area contributed by atoms with Crippen LogP contribution in [0.2, 0.25) is 0 Å². The fourth-order valence-corrected chi connectivity index (χ4v) is 8.51. The molecule has 3 aliphatic heterocycles. The molecule has 3 N–H and O–H groups in total. The van der Waals surface area contributed by atoms with Crippen LogP contribution in [0.4, 0.5) is 0 Å². The highest BCUT2D eigenvalue weighted by Gasteiger charge is 2.41. The molecule has 0 radical (unpaired) electrons. The number of aromatic nitrogens is 2. The zero-order chi connectivity index (χ0) is 23.6. The molecule has 1 aromatic carbocycles. The van der Waals surface area contributed by atoms with E-state index in [0.717, 1.165) is 42.9 Å². The zero-order valence-corrected chi connectivity index (χ0v) is 21.5. The van der Waals surface area contributed by atoms with Crippen LogP contribution in [-0.2, 0) is 0 Å². The van der Waals surface area contributed by atoms with Crippen molar-refractivity contribution in [2.75, 3.05) is 13.1 Å². The second kappa shape index (κ2) is 8.51. The lowest BCUT2D eigenvalue weighted by Gasteiger charge is -2.23. The Kier molecular flexibility index (Phi) is 5.09. The van der Waals surface area contributed by atoms with Gasteiger partial charge in [0.05, 0.1) is 22.8 Å². The Morgan fingerprint density at radius 1 is 0.806 bits per heavy atom. The SMILES string of the molecule is C1=C(c2ccc(-c3ccc(-c4cnc([C@@H]5CCCN5)[nH]4)s3)c3c2C2CCC3C2)CC([C@@H]2CCCN2)=N1. The first-order chi connectivity index (χ1) is 17.8. The Labute approximate surface area is 216 Å². The lowest BCUT2D eigenvalue weighted by atomic mass is 9.82. The largest absolute Gasteiger partial charge is 0.340 e. The molecule has 184 valence electrons. The lowest BCUT2D eigenvalue weighted by molar-refractivity contribution is 0.613. The Balaban J connectivity index is 1.11. The third-order valence-electron chi connectivity index (χ3n) is 9.23. The maximum atomic E-state index is 4.89. The summed E-state index contributed by atoms with van der Waals surface area (Å²) in [7, 11) is 0. The summed E-state index contributed by atoms with van der Waals surface area (Å²) in [6.07, 6.45) is 14.1. The van der Waals surface area contributed by atoms with Gasteiger partial charge in [0.2, 0.25) is 0 Å². The number of nitrogens with one attached hydrogen (secondary N) is 3. The molecule has 6 heteroatoms. The summed E-state index contributed by atoms with van der Waals surface area (Å²) in [6, 6.07) is 10.3. The average molecular weight is 496 g/mol. The number of aromatic amines is 1. The van der Waals surface area contributed by atoms with Crippen LogP contribution in [0.1, 0.15) is 91.8 Å². The standard InChI is InChI=1S/C30H33N5S/c1-3-22(31-11-1)24-14-19(15-33-24)20-7-8-21(29-18-6-5-17(13-18)28(20)29)26-9-10-27(36-26)25-16-34-30(35-25)23-4-2-12-32-23/h7-10,15-18,22-23,31-32H,1-6,11-14H2,(H,34,35)/t17?,18?,22-,23-/m0/s1. The van der Waals surface area contributed by atoms with E-state index in [1.807, 2.05) is 17.5 Å². The molecule has 8 rings (SSSR count). The topological polar surface area (TPSA) is 65.1 Å². The van der Waals surface area contributed by atoms with E-state index in [1.165, 1.54) is 77.1 Å². The molecule has 2 bridgehead atoms. The van der Waals surface area contributed by atoms with Crippen LogP contribution in [0.25, 0.3) is 26.6 Å². The summed E-state index contributed by atoms with van der Waals surface area (Å²) in [4.78, 5) is 15.9. The number of hydrogen-bond acceptors (Lipinski definition) is 5. The number of imidazole rings is 1. The number of benzene rings is 1. The molecule has 5 aliphatic rings. The number of fused-ring (bicyclic) bond motifs is 5. The third kappa shape index (κ3) is 3.41. The number of H-pyrrole nitrogens is 1. The molecule has 2 aromatic heterocycles. The molecule has 0 amide bonds. The molecule has 2 aliphatic carbocycles. The van der Waals surface area contributed by atoms with Crippen LogP contribution in [-0.4, -0.2) is 34.8 Å². The van der Waals surface area contributed by atoms with Gasteiger partial charge in [-0.2, -0.15) is 0 Å². The summed E-state index contributed by atoms with van der Waals surface area (Å²) >= 11 is 1.91. The summed E-state index contributed by atoms with van der Waals surface area (Å²) in [5.74, 6) is 2.53. The lowest BCUT2D eigenvalue weighted by Crippen LogP contribution is -2.29. The normalized spacial score (nSPS) is 28.7. The summed E-state index contributed by atoms with van der Waals surface area (Å²) < 4.78 is 0. The first-order valence-electron chi connectivity index (χ1n) is 13.9. The van der Waals surface area contributed by atoms with Crippen molar-refractivity contribution >= 4 is 22.6 Å². The smallest absolute Gasteiger partial charge is 0.123 e. The van der Waals surface area contributed by atoms with E-state index >= 15 is 0 Å². The summed E-state index contributed by atoms with van der Waals surface area (Å²) in [5.41, 5.74) is 10.2. The average Bonchev–Trinajstić information content (AvgIpc) is 3.77. The van der Waals surface area contributed by atoms with Crippen LogP contribution < -0.4 is 10.6 Å². The van der Waals surface area contributed by atoms with Gasteiger partial charge in [0.25, 0.3) is 0 Å². The molecule has 2 saturated heterocycles. The van der Waals surface area contributed by atoms with E-state index in [9.17, 15) is 0 Å². The van der Waals surface area contributed by atoms with Gasteiger partial charge in [-0.1, -0.05) is 12.1 Å². The predicted octanol–water partition coefficient (Wildman–Crippen LogP) is 6.53. The molecular formula is C30H33N5S. The number of allylic oxidation sites excluding steroid dienone is 1. The molecule has 2 unspecified atom stereocenters. The van der Waals surface area contributed by atoms with E-state index in [2.05, 4.69) is 46.1 Å². The number of rotatable bonds is 5. The van der Waals surface area contributed by atoms with Gasteiger partial charge in [-0.05, 0) is 110 Å². The maximum Gasteiger partial charge on any atom is 0.123 e. The van der Waals surface area contributed by atoms with Crippen molar-refractivity contribution in [1.82, 2.24) is 20.6 Å². The molecule has 5 nitrogen and oxygen atoms in total. The van der Waals surface area contributed by atoms with Gasteiger partial charge in [-0.25, -0.2) is 4.98 Å². The maximum absolute atomic E-state index is 4.89. The Morgan fingerprint density at radius 2 is 1.56 bits per heavy atom. The number of nitrogens with zero attached hydrogens (tertiary/aromatic N) is 2. The number of aliphatic imine (C=N–C) groups is 1. The molecule has 3 aromatic rings. The Bertz CT molecular complexity index is 1380. The molecule has 1 saturated carbocycles. The van der Waals surface area contributed by atoms with Crippen molar-refractivity contribution in [3.05, 3.63) is 59.2 Å². The fourth-order valence-electron chi connectivity index (χ4n) is 7.50. The van der Waals surface area contributed by atoms with Gasteiger partial charge in [0.1, 0.15) is 5.82 Å². The minimum atomic E-state index is 0.378. The molecule has 5 heterocycles. The van der Waals surface area contributed by atoms with E-state index in [1.54, 1.807) is 11.1 Å². The van der Waals surface area contributed by atoms with Gasteiger partial charge in [0.15, 0.2) is 0 Å². The molecule has 36 heavy (non-hydrogen) atoms. The van der Waals surface area contributed by atoms with E-state index in [-0.39, 0.29) is 0 Å². The van der Waals surface area contributed by atoms with Gasteiger partial charge in [0, 0.05) is 29.3 Å². The predicted molar refractivity (Wildman–Crippen MR) is 148 cm³/mol. The van der Waals surface area contributed by atoms with Crippen LogP contribution >= 0.6 is 11.3 Å². The summed E-state index contributed by atoms with van der Waals surface area (Å²) in [5, 5.41) is 7.19. The molecule has 3 fully saturated rings. The molecular weight excluding hydrogens is 462 g/mol. The monoisotopic (exact) mass is 495 g/mol. The molecule has 4 atom stereocenters. The second-order valence-corrected chi connectivity index (χ2v) is 12.4. The minimum absolute atomic E-state index is 0.378. The second-order valence-electron chi connectivity index (χ2n) is 11.3. The quantitative estimate of drug-likeness (QED) is 0.377. The van der Waals surface area contributed by atoms with Crippen molar-refractivity contribution < 1.29 is 0 Å². The van der Waals surface area contributed by atoms with E-state index in [0.29, 0.717) is 12.1 Å². The number of thiophene rings is 1. The summed E-state index contributed by atoms with van der Waals surface area (Å²) in [6.45, 7) is 2.22. The van der Waals surface area contributed by atoms with Crippen LogP contribution in [0.15, 0.2) is 41.7 Å². The molecule has 0 spiro atoms. The number of hydrogen-bond donors (Lipinski definition) is 3. The van der Waals surface area contributed by atoms with Crippen molar-refractivity contribution in [3.63, 3.8) is 0 Å².